The average Bonchev–Trinajstić information content (AvgIpc) is 2.73. The Morgan fingerprint density at radius 3 is 2.66 bits per heavy atom. The second-order valence-electron chi connectivity index (χ2n) is 6.01. The van der Waals surface area contributed by atoms with E-state index in [1.807, 2.05) is 24.3 Å². The number of aromatic hydroxyl groups is 1. The van der Waals surface area contributed by atoms with Crippen molar-refractivity contribution in [1.29, 1.82) is 0 Å². The minimum atomic E-state index is -0.423. The SMILES string of the molecule is COc1cccc(/C=N/NC(=O)c2ccccc2OCc2cccc(Br)c2)c1O. The van der Waals surface area contributed by atoms with Gasteiger partial charge in [0.15, 0.2) is 11.5 Å². The number of hydrogen-bond acceptors (Lipinski definition) is 5. The maximum Gasteiger partial charge on any atom is 0.275 e. The standard InChI is InChI=1S/C22H19BrN2O4/c1-28-20-11-5-7-16(21(20)26)13-24-25-22(27)18-9-2-3-10-19(18)29-14-15-6-4-8-17(23)12-15/h2-13,26H,14H2,1H3,(H,25,27)/b24-13+. The molecule has 3 aromatic rings. The summed E-state index contributed by atoms with van der Waals surface area (Å²) in [6.07, 6.45) is 1.35. The fraction of sp³-hybridized carbons (Fsp3) is 0.0909. The van der Waals surface area contributed by atoms with E-state index in [-0.39, 0.29) is 5.75 Å². The van der Waals surface area contributed by atoms with Gasteiger partial charge in [0, 0.05) is 10.0 Å². The van der Waals surface area contributed by atoms with Crippen LogP contribution in [0.5, 0.6) is 17.2 Å². The molecule has 148 valence electrons. The first-order valence-electron chi connectivity index (χ1n) is 8.74. The monoisotopic (exact) mass is 454 g/mol. The van der Waals surface area contributed by atoms with Crippen LogP contribution in [0.3, 0.4) is 0 Å². The van der Waals surface area contributed by atoms with E-state index >= 15 is 0 Å². The Labute approximate surface area is 176 Å². The highest BCUT2D eigenvalue weighted by Gasteiger charge is 2.12. The van der Waals surface area contributed by atoms with Gasteiger partial charge in [0.1, 0.15) is 12.4 Å². The van der Waals surface area contributed by atoms with Crippen molar-refractivity contribution in [1.82, 2.24) is 5.43 Å². The molecule has 0 fully saturated rings. The number of hydrogen-bond donors (Lipinski definition) is 2. The van der Waals surface area contributed by atoms with Crippen LogP contribution in [-0.4, -0.2) is 24.3 Å². The van der Waals surface area contributed by atoms with Gasteiger partial charge in [-0.05, 0) is 42.0 Å². The second-order valence-corrected chi connectivity index (χ2v) is 6.93. The number of carbonyl (C=O) groups excluding carboxylic acids is 1. The van der Waals surface area contributed by atoms with Gasteiger partial charge in [0.05, 0.1) is 18.9 Å². The Hall–Kier alpha value is -3.32. The largest absolute Gasteiger partial charge is 0.504 e. The predicted molar refractivity (Wildman–Crippen MR) is 115 cm³/mol. The molecule has 0 aliphatic rings. The Kier molecular flexibility index (Phi) is 6.86. The van der Waals surface area contributed by atoms with E-state index < -0.39 is 5.91 Å². The lowest BCUT2D eigenvalue weighted by atomic mass is 10.2. The summed E-state index contributed by atoms with van der Waals surface area (Å²) in [7, 11) is 1.46. The van der Waals surface area contributed by atoms with Gasteiger partial charge in [-0.3, -0.25) is 4.79 Å². The van der Waals surface area contributed by atoms with Crippen LogP contribution in [0.25, 0.3) is 0 Å². The molecule has 0 saturated carbocycles. The summed E-state index contributed by atoms with van der Waals surface area (Å²) >= 11 is 3.43. The number of benzene rings is 3. The van der Waals surface area contributed by atoms with Gasteiger partial charge < -0.3 is 14.6 Å². The van der Waals surface area contributed by atoms with E-state index in [9.17, 15) is 9.90 Å². The molecule has 3 aromatic carbocycles. The van der Waals surface area contributed by atoms with Crippen molar-refractivity contribution < 1.29 is 19.4 Å². The zero-order valence-corrected chi connectivity index (χ0v) is 17.2. The molecule has 0 aromatic heterocycles. The molecule has 7 heteroatoms. The van der Waals surface area contributed by atoms with E-state index in [0.717, 1.165) is 10.0 Å². The maximum atomic E-state index is 12.5. The number of methoxy groups -OCH3 is 1. The molecule has 0 saturated heterocycles. The zero-order chi connectivity index (χ0) is 20.6. The van der Waals surface area contributed by atoms with Crippen molar-refractivity contribution in [3.8, 4) is 17.2 Å². The van der Waals surface area contributed by atoms with Crippen LogP contribution < -0.4 is 14.9 Å². The first-order chi connectivity index (χ1) is 14.1. The molecule has 29 heavy (non-hydrogen) atoms. The number of hydrazone groups is 1. The average molecular weight is 455 g/mol. The molecule has 0 spiro atoms. The lowest BCUT2D eigenvalue weighted by Crippen LogP contribution is -2.18. The molecule has 0 bridgehead atoms. The number of carbonyl (C=O) groups is 1. The minimum Gasteiger partial charge on any atom is -0.504 e. The van der Waals surface area contributed by atoms with Crippen molar-refractivity contribution in [2.75, 3.05) is 7.11 Å². The number of amides is 1. The number of halogens is 1. The summed E-state index contributed by atoms with van der Waals surface area (Å²) in [4.78, 5) is 12.5. The van der Waals surface area contributed by atoms with Crippen molar-refractivity contribution in [2.45, 2.75) is 6.61 Å². The molecule has 0 heterocycles. The fourth-order valence-corrected chi connectivity index (χ4v) is 3.04. The van der Waals surface area contributed by atoms with Gasteiger partial charge in [0.2, 0.25) is 0 Å². The molecule has 2 N–H and O–H groups in total. The quantitative estimate of drug-likeness (QED) is 0.406. The Bertz CT molecular complexity index is 1040. The fourth-order valence-electron chi connectivity index (χ4n) is 2.60. The van der Waals surface area contributed by atoms with Crippen molar-refractivity contribution >= 4 is 28.1 Å². The van der Waals surface area contributed by atoms with Crippen LogP contribution in [0.1, 0.15) is 21.5 Å². The van der Waals surface area contributed by atoms with Gasteiger partial charge in [-0.1, -0.05) is 46.3 Å². The molecule has 0 radical (unpaired) electrons. The summed E-state index contributed by atoms with van der Waals surface area (Å²) in [5.74, 6) is 0.301. The zero-order valence-electron chi connectivity index (χ0n) is 15.6. The van der Waals surface area contributed by atoms with Crippen LogP contribution in [-0.2, 0) is 6.61 Å². The van der Waals surface area contributed by atoms with Crippen LogP contribution in [0, 0.1) is 0 Å². The number of rotatable bonds is 7. The molecular formula is C22H19BrN2O4. The van der Waals surface area contributed by atoms with Crippen LogP contribution in [0.2, 0.25) is 0 Å². The molecular weight excluding hydrogens is 436 g/mol. The van der Waals surface area contributed by atoms with E-state index in [1.54, 1.807) is 42.5 Å². The summed E-state index contributed by atoms with van der Waals surface area (Å²) in [5, 5.41) is 14.0. The van der Waals surface area contributed by atoms with Crippen molar-refractivity contribution in [2.24, 2.45) is 5.10 Å². The van der Waals surface area contributed by atoms with E-state index in [4.69, 9.17) is 9.47 Å². The van der Waals surface area contributed by atoms with Crippen molar-refractivity contribution in [3.05, 3.63) is 87.9 Å². The molecule has 1 amide bonds. The third kappa shape index (κ3) is 5.36. The van der Waals surface area contributed by atoms with Crippen LogP contribution in [0.15, 0.2) is 76.3 Å². The number of para-hydroxylation sites is 2. The van der Waals surface area contributed by atoms with Gasteiger partial charge in [0.25, 0.3) is 5.91 Å². The highest BCUT2D eigenvalue weighted by molar-refractivity contribution is 9.10. The predicted octanol–water partition coefficient (Wildman–Crippen LogP) is 4.51. The lowest BCUT2D eigenvalue weighted by molar-refractivity contribution is 0.0950. The number of phenols is 1. The summed E-state index contributed by atoms with van der Waals surface area (Å²) < 4.78 is 11.8. The Morgan fingerprint density at radius 2 is 1.86 bits per heavy atom. The number of nitrogens with one attached hydrogen (secondary N) is 1. The first-order valence-corrected chi connectivity index (χ1v) is 9.53. The lowest BCUT2D eigenvalue weighted by Gasteiger charge is -2.11. The topological polar surface area (TPSA) is 80.2 Å². The maximum absolute atomic E-state index is 12.5. The van der Waals surface area contributed by atoms with Gasteiger partial charge in [-0.25, -0.2) is 5.43 Å². The molecule has 3 rings (SSSR count). The normalized spacial score (nSPS) is 10.7. The van der Waals surface area contributed by atoms with E-state index in [1.165, 1.54) is 13.3 Å². The first kappa shape index (κ1) is 20.4. The minimum absolute atomic E-state index is 0.0502. The van der Waals surface area contributed by atoms with Crippen molar-refractivity contribution in [3.63, 3.8) is 0 Å². The Balaban J connectivity index is 1.68. The van der Waals surface area contributed by atoms with Crippen LogP contribution >= 0.6 is 15.9 Å². The third-order valence-electron chi connectivity index (χ3n) is 4.03. The highest BCUT2D eigenvalue weighted by Crippen LogP contribution is 2.28. The van der Waals surface area contributed by atoms with Crippen LogP contribution in [0.4, 0.5) is 0 Å². The second kappa shape index (κ2) is 9.75. The summed E-state index contributed by atoms with van der Waals surface area (Å²) in [6, 6.07) is 19.7. The number of phenolic OH excluding ortho intramolecular Hbond substituents is 1. The van der Waals surface area contributed by atoms with E-state index in [0.29, 0.717) is 29.2 Å². The van der Waals surface area contributed by atoms with Gasteiger partial charge in [-0.2, -0.15) is 5.10 Å². The Morgan fingerprint density at radius 1 is 1.10 bits per heavy atom. The molecule has 0 aliphatic carbocycles. The van der Waals surface area contributed by atoms with E-state index in [2.05, 4.69) is 26.5 Å². The van der Waals surface area contributed by atoms with Gasteiger partial charge >= 0.3 is 0 Å². The summed E-state index contributed by atoms with van der Waals surface area (Å²) in [5.41, 5.74) is 4.20. The molecule has 0 aliphatic heterocycles. The number of ether oxygens (including phenoxy) is 2. The number of nitrogens with zero attached hydrogens (tertiary/aromatic N) is 1. The smallest absolute Gasteiger partial charge is 0.275 e. The third-order valence-corrected chi connectivity index (χ3v) is 4.53. The van der Waals surface area contributed by atoms with Gasteiger partial charge in [-0.15, -0.1) is 0 Å². The molecule has 6 nitrogen and oxygen atoms in total. The summed E-state index contributed by atoms with van der Waals surface area (Å²) in [6.45, 7) is 0.324. The molecule has 0 unspecified atom stereocenters. The molecule has 0 atom stereocenters. The highest BCUT2D eigenvalue weighted by atomic mass is 79.9.